The number of Topliss-reactive ketones (excluding diaryl/α,β-unsaturated/α-hetero) is 1. The molecule has 1 unspecified atom stereocenters. The van der Waals surface area contributed by atoms with Gasteiger partial charge in [0.2, 0.25) is 0 Å². The van der Waals surface area contributed by atoms with Crippen LogP contribution in [0.15, 0.2) is 34.8 Å². The van der Waals surface area contributed by atoms with Gasteiger partial charge in [0.1, 0.15) is 0 Å². The molecule has 1 aliphatic rings. The second-order valence-corrected chi connectivity index (χ2v) is 9.64. The summed E-state index contributed by atoms with van der Waals surface area (Å²) in [6, 6.07) is 9.35. The largest absolute Gasteiger partial charge is 0.375 e. The zero-order valence-corrected chi connectivity index (χ0v) is 18.8. The Labute approximate surface area is 174 Å². The molecule has 0 saturated carbocycles. The van der Waals surface area contributed by atoms with Crippen LogP contribution in [-0.2, 0) is 15.8 Å². The molecule has 0 bridgehead atoms. The van der Waals surface area contributed by atoms with Crippen molar-refractivity contribution in [2.75, 3.05) is 11.9 Å². The van der Waals surface area contributed by atoms with E-state index in [0.717, 1.165) is 21.2 Å². The number of aliphatic hydroxyl groups is 1. The summed E-state index contributed by atoms with van der Waals surface area (Å²) in [6.45, 7) is 10.2. The van der Waals surface area contributed by atoms with E-state index >= 15 is 0 Å². The summed E-state index contributed by atoms with van der Waals surface area (Å²) in [7, 11) is 1.62. The molecular weight excluding hydrogens is 418 g/mol. The molecule has 28 heavy (non-hydrogen) atoms. The van der Waals surface area contributed by atoms with Crippen molar-refractivity contribution in [3.8, 4) is 0 Å². The highest BCUT2D eigenvalue weighted by molar-refractivity contribution is 9.10. The molecule has 148 valence electrons. The van der Waals surface area contributed by atoms with Crippen molar-refractivity contribution in [1.82, 2.24) is 0 Å². The van der Waals surface area contributed by atoms with Crippen molar-refractivity contribution in [2.45, 2.75) is 52.1 Å². The highest BCUT2D eigenvalue weighted by Crippen LogP contribution is 2.43. The summed E-state index contributed by atoms with van der Waals surface area (Å²) in [5, 5.41) is 11.3. The molecule has 0 saturated heterocycles. The lowest BCUT2D eigenvalue weighted by Gasteiger charge is -2.24. The maximum Gasteiger partial charge on any atom is 0.263 e. The highest BCUT2D eigenvalue weighted by atomic mass is 79.9. The van der Waals surface area contributed by atoms with Crippen LogP contribution >= 0.6 is 15.9 Å². The van der Waals surface area contributed by atoms with Gasteiger partial charge in [-0.25, -0.2) is 0 Å². The van der Waals surface area contributed by atoms with Gasteiger partial charge in [-0.2, -0.15) is 0 Å². The number of likely N-dealkylation sites (N-methyl/N-ethyl adjacent to an activating group) is 1. The van der Waals surface area contributed by atoms with E-state index in [0.29, 0.717) is 16.8 Å². The monoisotopic (exact) mass is 443 g/mol. The molecule has 0 aliphatic carbocycles. The van der Waals surface area contributed by atoms with Crippen LogP contribution in [0.5, 0.6) is 0 Å². The number of fused-ring (bicyclic) bond motifs is 1. The maximum absolute atomic E-state index is 13.2. The van der Waals surface area contributed by atoms with E-state index in [1.165, 1.54) is 4.90 Å². The Morgan fingerprint density at radius 3 is 2.25 bits per heavy atom. The molecule has 1 N–H and O–H groups in total. The zero-order valence-electron chi connectivity index (χ0n) is 17.2. The van der Waals surface area contributed by atoms with Gasteiger partial charge >= 0.3 is 0 Å². The number of halogens is 1. The molecule has 1 heterocycles. The molecule has 4 nitrogen and oxygen atoms in total. The second kappa shape index (κ2) is 6.82. The van der Waals surface area contributed by atoms with Crippen LogP contribution in [0, 0.1) is 13.8 Å². The molecule has 1 amide bonds. The number of aryl methyl sites for hydroxylation is 2. The summed E-state index contributed by atoms with van der Waals surface area (Å²) in [6.07, 6.45) is -0.282. The number of amides is 1. The minimum Gasteiger partial charge on any atom is -0.375 e. The molecule has 5 heteroatoms. The van der Waals surface area contributed by atoms with E-state index in [-0.39, 0.29) is 17.6 Å². The Morgan fingerprint density at radius 2 is 1.71 bits per heavy atom. The minimum atomic E-state index is -1.85. The van der Waals surface area contributed by atoms with E-state index in [1.54, 1.807) is 19.2 Å². The number of ketones is 1. The lowest BCUT2D eigenvalue weighted by Crippen LogP contribution is -2.40. The molecular formula is C23H26BrNO3. The number of anilines is 1. The molecule has 2 aromatic carbocycles. The quantitative estimate of drug-likeness (QED) is 0.692. The van der Waals surface area contributed by atoms with E-state index < -0.39 is 11.5 Å². The molecule has 0 radical (unpaired) electrons. The first kappa shape index (κ1) is 20.7. The van der Waals surface area contributed by atoms with Gasteiger partial charge in [0.25, 0.3) is 5.91 Å². The van der Waals surface area contributed by atoms with E-state index in [1.807, 2.05) is 32.0 Å². The fourth-order valence-corrected chi connectivity index (χ4v) is 4.32. The number of benzene rings is 2. The molecule has 0 aromatic heterocycles. The van der Waals surface area contributed by atoms with Crippen LogP contribution in [0.3, 0.4) is 0 Å². The Hall–Kier alpha value is -1.98. The Morgan fingerprint density at radius 1 is 1.14 bits per heavy atom. The summed E-state index contributed by atoms with van der Waals surface area (Å²) in [5.41, 5.74) is 2.68. The topological polar surface area (TPSA) is 57.6 Å². The third-order valence-electron chi connectivity index (χ3n) is 5.52. The fraction of sp³-hybridized carbons (Fsp3) is 0.391. The van der Waals surface area contributed by atoms with Gasteiger partial charge in [-0.05, 0) is 54.2 Å². The number of carbonyl (C=O) groups is 2. The number of rotatable bonds is 3. The number of hydrogen-bond acceptors (Lipinski definition) is 3. The molecule has 0 spiro atoms. The predicted molar refractivity (Wildman–Crippen MR) is 115 cm³/mol. The van der Waals surface area contributed by atoms with Crippen LogP contribution in [0.2, 0.25) is 0 Å². The molecule has 1 atom stereocenters. The molecule has 0 fully saturated rings. The smallest absolute Gasteiger partial charge is 0.263 e. The van der Waals surface area contributed by atoms with Crippen LogP contribution in [0.4, 0.5) is 5.69 Å². The number of nitrogens with zero attached hydrogens (tertiary/aromatic N) is 1. The van der Waals surface area contributed by atoms with Crippen molar-refractivity contribution < 1.29 is 14.7 Å². The summed E-state index contributed by atoms with van der Waals surface area (Å²) in [4.78, 5) is 27.5. The Balaban J connectivity index is 2.03. The zero-order chi connectivity index (χ0) is 21.0. The second-order valence-electron chi connectivity index (χ2n) is 8.72. The number of carbonyl (C=O) groups excluding carboxylic acids is 2. The van der Waals surface area contributed by atoms with E-state index in [9.17, 15) is 14.7 Å². The van der Waals surface area contributed by atoms with Crippen molar-refractivity contribution in [3.05, 3.63) is 62.6 Å². The summed E-state index contributed by atoms with van der Waals surface area (Å²) < 4.78 is 0.752. The first-order valence-electron chi connectivity index (χ1n) is 9.32. The van der Waals surface area contributed by atoms with Crippen molar-refractivity contribution in [3.63, 3.8) is 0 Å². The molecule has 1 aliphatic heterocycles. The lowest BCUT2D eigenvalue weighted by molar-refractivity contribution is -0.135. The van der Waals surface area contributed by atoms with Gasteiger partial charge < -0.3 is 10.0 Å². The van der Waals surface area contributed by atoms with E-state index in [4.69, 9.17) is 0 Å². The normalized spacial score (nSPS) is 19.1. The van der Waals surface area contributed by atoms with Crippen LogP contribution in [0.1, 0.15) is 59.8 Å². The lowest BCUT2D eigenvalue weighted by atomic mass is 9.81. The average molecular weight is 444 g/mol. The Bertz CT molecular complexity index is 967. The van der Waals surface area contributed by atoms with Gasteiger partial charge in [-0.3, -0.25) is 9.59 Å². The predicted octanol–water partition coefficient (Wildman–Crippen LogP) is 4.80. The minimum absolute atomic E-state index is 0.0232. The summed E-state index contributed by atoms with van der Waals surface area (Å²) >= 11 is 3.39. The number of hydrogen-bond donors (Lipinski definition) is 1. The standard InChI is InChI=1S/C23H26BrNO3/c1-13-9-15(22(3,4)5)10-14(2)20(13)19(26)12-23(28)17-11-16(24)7-8-18(17)25(6)21(23)27/h7-11,28H,12H2,1-6H3. The first-order chi connectivity index (χ1) is 12.9. The van der Waals surface area contributed by atoms with Gasteiger partial charge in [-0.1, -0.05) is 48.8 Å². The Kier molecular flexibility index (Phi) is 5.05. The van der Waals surface area contributed by atoms with Gasteiger partial charge in [0, 0.05) is 22.6 Å². The van der Waals surface area contributed by atoms with Gasteiger partial charge in [0.15, 0.2) is 11.4 Å². The third-order valence-corrected chi connectivity index (χ3v) is 6.01. The molecule has 2 aromatic rings. The average Bonchev–Trinajstić information content (AvgIpc) is 2.75. The van der Waals surface area contributed by atoms with Gasteiger partial charge in [0.05, 0.1) is 12.1 Å². The van der Waals surface area contributed by atoms with Crippen LogP contribution < -0.4 is 4.90 Å². The van der Waals surface area contributed by atoms with Crippen molar-refractivity contribution >= 4 is 33.3 Å². The third kappa shape index (κ3) is 3.31. The highest BCUT2D eigenvalue weighted by Gasteiger charge is 2.50. The SMILES string of the molecule is Cc1cc(C(C)(C)C)cc(C)c1C(=O)CC1(O)C(=O)N(C)c2ccc(Br)cc21. The fourth-order valence-electron chi connectivity index (χ4n) is 3.96. The first-order valence-corrected chi connectivity index (χ1v) is 10.1. The molecule has 3 rings (SSSR count). The summed E-state index contributed by atoms with van der Waals surface area (Å²) in [5.74, 6) is -0.705. The maximum atomic E-state index is 13.2. The van der Waals surface area contributed by atoms with Gasteiger partial charge in [-0.15, -0.1) is 0 Å². The van der Waals surface area contributed by atoms with E-state index in [2.05, 4.69) is 36.7 Å². The van der Waals surface area contributed by atoms with Crippen molar-refractivity contribution in [2.24, 2.45) is 0 Å². The van der Waals surface area contributed by atoms with Crippen molar-refractivity contribution in [1.29, 1.82) is 0 Å². The van der Waals surface area contributed by atoms with Crippen LogP contribution in [-0.4, -0.2) is 23.8 Å². The van der Waals surface area contributed by atoms with Crippen LogP contribution in [0.25, 0.3) is 0 Å².